The maximum Gasteiger partial charge on any atom is 0.262 e. The molecule has 0 bridgehead atoms. The highest BCUT2D eigenvalue weighted by Gasteiger charge is 2.32. The van der Waals surface area contributed by atoms with Crippen molar-refractivity contribution in [2.24, 2.45) is 0 Å². The Morgan fingerprint density at radius 3 is 2.95 bits per heavy atom. The monoisotopic (exact) mass is 291 g/mol. The van der Waals surface area contributed by atoms with Gasteiger partial charge in [0, 0.05) is 12.6 Å². The van der Waals surface area contributed by atoms with E-state index in [4.69, 9.17) is 4.42 Å². The van der Waals surface area contributed by atoms with Crippen molar-refractivity contribution in [2.45, 2.75) is 32.2 Å². The Balaban J connectivity index is 2.08. The van der Waals surface area contributed by atoms with Crippen molar-refractivity contribution < 1.29 is 14.3 Å². The summed E-state index contributed by atoms with van der Waals surface area (Å²) in [6.07, 6.45) is 4.18. The number of aliphatic hydroxyl groups excluding tert-OH is 1. The van der Waals surface area contributed by atoms with Gasteiger partial charge in [-0.3, -0.25) is 9.59 Å². The Labute approximate surface area is 120 Å². The summed E-state index contributed by atoms with van der Waals surface area (Å²) in [5, 5.41) is 9.37. The van der Waals surface area contributed by atoms with Crippen LogP contribution < -0.4 is 5.56 Å². The van der Waals surface area contributed by atoms with Gasteiger partial charge in [0.15, 0.2) is 0 Å². The van der Waals surface area contributed by atoms with Gasteiger partial charge in [0.1, 0.15) is 11.1 Å². The SMILES string of the molecule is Cc1oc2nc[nH]c(=O)c2c1C(=O)N(CCO)C1CCC1. The summed E-state index contributed by atoms with van der Waals surface area (Å²) in [6, 6.07) is 0.129. The normalized spacial score (nSPS) is 15.1. The van der Waals surface area contributed by atoms with Crippen LogP contribution in [0.15, 0.2) is 15.5 Å². The smallest absolute Gasteiger partial charge is 0.262 e. The molecule has 3 rings (SSSR count). The van der Waals surface area contributed by atoms with Crippen LogP contribution in [-0.4, -0.2) is 45.1 Å². The number of carbonyl (C=O) groups excluding carboxylic acids is 1. The Bertz CT molecular complexity index is 729. The number of hydrogen-bond acceptors (Lipinski definition) is 5. The number of hydrogen-bond donors (Lipinski definition) is 2. The highest BCUT2D eigenvalue weighted by Crippen LogP contribution is 2.29. The molecule has 1 aliphatic rings. The first-order valence-corrected chi connectivity index (χ1v) is 7.02. The summed E-state index contributed by atoms with van der Waals surface area (Å²) in [7, 11) is 0. The van der Waals surface area contributed by atoms with Gasteiger partial charge < -0.3 is 19.4 Å². The molecule has 0 saturated heterocycles. The van der Waals surface area contributed by atoms with E-state index >= 15 is 0 Å². The average molecular weight is 291 g/mol. The van der Waals surface area contributed by atoms with E-state index in [0.717, 1.165) is 19.3 Å². The van der Waals surface area contributed by atoms with Gasteiger partial charge in [-0.1, -0.05) is 0 Å². The minimum Gasteiger partial charge on any atom is -0.442 e. The van der Waals surface area contributed by atoms with E-state index in [2.05, 4.69) is 9.97 Å². The number of H-pyrrole nitrogens is 1. The minimum atomic E-state index is -0.391. The van der Waals surface area contributed by atoms with Gasteiger partial charge >= 0.3 is 0 Å². The fraction of sp³-hybridized carbons (Fsp3) is 0.500. The highest BCUT2D eigenvalue weighted by atomic mass is 16.3. The van der Waals surface area contributed by atoms with Crippen LogP contribution in [0.1, 0.15) is 35.4 Å². The third-order valence-electron chi connectivity index (χ3n) is 4.00. The molecule has 2 heterocycles. The molecule has 0 radical (unpaired) electrons. The Morgan fingerprint density at radius 1 is 1.57 bits per heavy atom. The van der Waals surface area contributed by atoms with Crippen molar-refractivity contribution in [3.05, 3.63) is 28.0 Å². The molecule has 0 atom stereocenters. The zero-order valence-electron chi connectivity index (χ0n) is 11.8. The van der Waals surface area contributed by atoms with Crippen LogP contribution in [0.5, 0.6) is 0 Å². The largest absolute Gasteiger partial charge is 0.442 e. The molecule has 112 valence electrons. The third kappa shape index (κ3) is 2.23. The van der Waals surface area contributed by atoms with Crippen LogP contribution in [0.25, 0.3) is 11.1 Å². The molecule has 1 amide bonds. The highest BCUT2D eigenvalue weighted by molar-refractivity contribution is 6.06. The zero-order chi connectivity index (χ0) is 15.0. The second kappa shape index (κ2) is 5.33. The molecule has 0 aromatic carbocycles. The Morgan fingerprint density at radius 2 is 2.33 bits per heavy atom. The fourth-order valence-corrected chi connectivity index (χ4v) is 2.71. The van der Waals surface area contributed by atoms with Crippen LogP contribution in [0.3, 0.4) is 0 Å². The molecule has 0 unspecified atom stereocenters. The molecule has 21 heavy (non-hydrogen) atoms. The van der Waals surface area contributed by atoms with Crippen LogP contribution in [0, 0.1) is 6.92 Å². The van der Waals surface area contributed by atoms with E-state index in [1.54, 1.807) is 11.8 Å². The molecule has 0 aliphatic heterocycles. The molecule has 2 aromatic rings. The minimum absolute atomic E-state index is 0.105. The quantitative estimate of drug-likeness (QED) is 0.868. The summed E-state index contributed by atoms with van der Waals surface area (Å²) < 4.78 is 5.42. The number of carbonyl (C=O) groups is 1. The number of rotatable bonds is 4. The van der Waals surface area contributed by atoms with Crippen LogP contribution >= 0.6 is 0 Å². The summed E-state index contributed by atoms with van der Waals surface area (Å²) >= 11 is 0. The fourth-order valence-electron chi connectivity index (χ4n) is 2.71. The van der Waals surface area contributed by atoms with Crippen LogP contribution in [-0.2, 0) is 0 Å². The van der Waals surface area contributed by atoms with Gasteiger partial charge in [-0.2, -0.15) is 0 Å². The molecule has 1 aliphatic carbocycles. The predicted molar refractivity (Wildman–Crippen MR) is 75.1 cm³/mol. The molecular formula is C14H17N3O4. The lowest BCUT2D eigenvalue weighted by molar-refractivity contribution is 0.0525. The molecule has 2 N–H and O–H groups in total. The first-order chi connectivity index (χ1) is 10.1. The maximum atomic E-state index is 12.8. The van der Waals surface area contributed by atoms with Crippen molar-refractivity contribution in [1.29, 1.82) is 0 Å². The second-order valence-corrected chi connectivity index (χ2v) is 5.25. The van der Waals surface area contributed by atoms with E-state index in [1.165, 1.54) is 6.33 Å². The molecular weight excluding hydrogens is 274 g/mol. The van der Waals surface area contributed by atoms with Gasteiger partial charge in [0.25, 0.3) is 11.5 Å². The Kier molecular flexibility index (Phi) is 3.50. The van der Waals surface area contributed by atoms with Crippen molar-refractivity contribution in [3.63, 3.8) is 0 Å². The van der Waals surface area contributed by atoms with Gasteiger partial charge in [0.2, 0.25) is 5.71 Å². The van der Waals surface area contributed by atoms with E-state index in [1.807, 2.05) is 0 Å². The van der Waals surface area contributed by atoms with Crippen molar-refractivity contribution in [2.75, 3.05) is 13.2 Å². The van der Waals surface area contributed by atoms with Gasteiger partial charge in [-0.25, -0.2) is 4.98 Å². The number of aromatic amines is 1. The lowest BCUT2D eigenvalue weighted by Crippen LogP contribution is -2.46. The molecule has 1 saturated carbocycles. The van der Waals surface area contributed by atoms with Crippen molar-refractivity contribution in [1.82, 2.24) is 14.9 Å². The zero-order valence-corrected chi connectivity index (χ0v) is 11.8. The summed E-state index contributed by atoms with van der Waals surface area (Å²) in [6.45, 7) is 1.80. The van der Waals surface area contributed by atoms with Gasteiger partial charge in [-0.05, 0) is 26.2 Å². The van der Waals surface area contributed by atoms with Crippen molar-refractivity contribution >= 4 is 17.0 Å². The number of nitrogens with one attached hydrogen (secondary N) is 1. The number of aliphatic hydroxyl groups is 1. The third-order valence-corrected chi connectivity index (χ3v) is 4.00. The summed E-state index contributed by atoms with van der Waals surface area (Å²) in [5.74, 6) is 0.102. The topological polar surface area (TPSA) is 99.4 Å². The molecule has 7 nitrogen and oxygen atoms in total. The van der Waals surface area contributed by atoms with Gasteiger partial charge in [0.05, 0.1) is 18.5 Å². The van der Waals surface area contributed by atoms with Crippen molar-refractivity contribution in [3.8, 4) is 0 Å². The number of aromatic nitrogens is 2. The molecule has 2 aromatic heterocycles. The number of aryl methyl sites for hydroxylation is 1. The van der Waals surface area contributed by atoms with E-state index in [0.29, 0.717) is 5.76 Å². The van der Waals surface area contributed by atoms with Crippen LogP contribution in [0.4, 0.5) is 0 Å². The molecule has 7 heteroatoms. The number of nitrogens with zero attached hydrogens (tertiary/aromatic N) is 2. The van der Waals surface area contributed by atoms with Crippen LogP contribution in [0.2, 0.25) is 0 Å². The standard InChI is InChI=1S/C14H17N3O4/c1-8-10(11-12(19)15-7-16-13(11)21-8)14(20)17(5-6-18)9-3-2-4-9/h7,9,18H,2-6H2,1H3,(H,15,16,19). The van der Waals surface area contributed by atoms with Gasteiger partial charge in [-0.15, -0.1) is 0 Å². The van der Waals surface area contributed by atoms with E-state index in [9.17, 15) is 14.7 Å². The molecule has 0 spiro atoms. The number of fused-ring (bicyclic) bond motifs is 1. The summed E-state index contributed by atoms with van der Waals surface area (Å²) in [5.41, 5.74) is 0.0228. The number of amides is 1. The predicted octanol–water partition coefficient (Wildman–Crippen LogP) is 0.812. The lowest BCUT2D eigenvalue weighted by Gasteiger charge is -2.37. The average Bonchev–Trinajstić information content (AvgIpc) is 2.73. The molecule has 1 fully saturated rings. The Hall–Kier alpha value is -2.15. The second-order valence-electron chi connectivity index (χ2n) is 5.25. The maximum absolute atomic E-state index is 12.8. The summed E-state index contributed by atoms with van der Waals surface area (Å²) in [4.78, 5) is 32.8. The lowest BCUT2D eigenvalue weighted by atomic mass is 9.91. The number of furan rings is 1. The van der Waals surface area contributed by atoms with E-state index in [-0.39, 0.29) is 41.8 Å². The first-order valence-electron chi connectivity index (χ1n) is 7.02. The van der Waals surface area contributed by atoms with E-state index < -0.39 is 5.56 Å². The first kappa shape index (κ1) is 13.8.